The summed E-state index contributed by atoms with van der Waals surface area (Å²) in [6.45, 7) is -0.0368. The van der Waals surface area contributed by atoms with Crippen molar-refractivity contribution in [2.75, 3.05) is 18.1 Å². The fourth-order valence-electron chi connectivity index (χ4n) is 1.99. The molecule has 1 amide bonds. The zero-order valence-corrected chi connectivity index (χ0v) is 11.7. The van der Waals surface area contributed by atoms with E-state index in [9.17, 15) is 9.90 Å². The molecule has 0 atom stereocenters. The van der Waals surface area contributed by atoms with Crippen LogP contribution in [-0.2, 0) is 7.05 Å². The fraction of sp³-hybridized carbons (Fsp3) is 0.636. The normalized spacial score (nSPS) is 18.6. The number of aliphatic hydroxyl groups is 1. The molecular weight excluding hydrogens is 274 g/mol. The van der Waals surface area contributed by atoms with E-state index in [2.05, 4.69) is 10.3 Å². The van der Waals surface area contributed by atoms with Crippen LogP contribution in [0.25, 0.3) is 0 Å². The summed E-state index contributed by atoms with van der Waals surface area (Å²) in [5.74, 6) is 1.66. The maximum atomic E-state index is 12.2. The van der Waals surface area contributed by atoms with Crippen molar-refractivity contribution in [2.45, 2.75) is 18.4 Å². The van der Waals surface area contributed by atoms with E-state index in [0.29, 0.717) is 5.69 Å². The molecule has 0 bridgehead atoms. The Morgan fingerprint density at radius 3 is 2.83 bits per heavy atom. The van der Waals surface area contributed by atoms with Gasteiger partial charge in [0.25, 0.3) is 5.91 Å². The lowest BCUT2D eigenvalue weighted by Gasteiger charge is -2.36. The predicted octanol–water partition coefficient (Wildman–Crippen LogP) is 1.06. The van der Waals surface area contributed by atoms with Gasteiger partial charge < -0.3 is 15.0 Å². The molecule has 5 nitrogen and oxygen atoms in total. The van der Waals surface area contributed by atoms with E-state index in [1.807, 2.05) is 11.8 Å². The molecule has 1 fully saturated rings. The number of rotatable bonds is 3. The molecule has 1 saturated heterocycles. The Morgan fingerprint density at radius 2 is 2.33 bits per heavy atom. The number of aromatic nitrogens is 2. The minimum Gasteiger partial charge on any atom is -0.394 e. The van der Waals surface area contributed by atoms with Crippen molar-refractivity contribution in [3.63, 3.8) is 0 Å². The molecular formula is C11H16ClN3O2S. The first-order valence-corrected chi connectivity index (χ1v) is 7.29. The van der Waals surface area contributed by atoms with Crippen LogP contribution >= 0.6 is 23.4 Å². The molecule has 18 heavy (non-hydrogen) atoms. The van der Waals surface area contributed by atoms with Crippen molar-refractivity contribution in [1.29, 1.82) is 0 Å². The van der Waals surface area contributed by atoms with Gasteiger partial charge in [0.05, 0.1) is 18.3 Å². The SMILES string of the molecule is Cn1c(C(=O)NC2(CO)CCSCC2)cnc1Cl. The van der Waals surface area contributed by atoms with Crippen molar-refractivity contribution in [1.82, 2.24) is 14.9 Å². The predicted molar refractivity (Wildman–Crippen MR) is 72.1 cm³/mol. The molecule has 2 heterocycles. The number of aliphatic hydroxyl groups excluding tert-OH is 1. The molecule has 100 valence electrons. The number of thioether (sulfide) groups is 1. The lowest BCUT2D eigenvalue weighted by Crippen LogP contribution is -2.53. The summed E-state index contributed by atoms with van der Waals surface area (Å²) >= 11 is 7.65. The number of imidazole rings is 1. The van der Waals surface area contributed by atoms with Crippen LogP contribution in [0.3, 0.4) is 0 Å². The average molecular weight is 290 g/mol. The lowest BCUT2D eigenvalue weighted by molar-refractivity contribution is 0.0809. The Labute approximate surface area is 115 Å². The van der Waals surface area contributed by atoms with Gasteiger partial charge in [-0.1, -0.05) is 0 Å². The van der Waals surface area contributed by atoms with E-state index in [4.69, 9.17) is 11.6 Å². The topological polar surface area (TPSA) is 67.2 Å². The van der Waals surface area contributed by atoms with Crippen molar-refractivity contribution >= 4 is 29.3 Å². The number of nitrogens with one attached hydrogen (secondary N) is 1. The van der Waals surface area contributed by atoms with Crippen LogP contribution in [0, 0.1) is 0 Å². The molecule has 7 heteroatoms. The van der Waals surface area contributed by atoms with Gasteiger partial charge in [-0.15, -0.1) is 0 Å². The minimum absolute atomic E-state index is 0.0368. The van der Waals surface area contributed by atoms with E-state index >= 15 is 0 Å². The van der Waals surface area contributed by atoms with Gasteiger partial charge in [0.15, 0.2) is 0 Å². The maximum absolute atomic E-state index is 12.2. The summed E-state index contributed by atoms with van der Waals surface area (Å²) in [6, 6.07) is 0. The van der Waals surface area contributed by atoms with Crippen LogP contribution in [0.1, 0.15) is 23.3 Å². The van der Waals surface area contributed by atoms with Crippen LogP contribution in [0.5, 0.6) is 0 Å². The van der Waals surface area contributed by atoms with Gasteiger partial charge in [-0.25, -0.2) is 4.98 Å². The van der Waals surface area contributed by atoms with Gasteiger partial charge in [-0.2, -0.15) is 11.8 Å². The molecule has 1 aromatic heterocycles. The Kier molecular flexibility index (Phi) is 4.19. The highest BCUT2D eigenvalue weighted by molar-refractivity contribution is 7.99. The number of carbonyl (C=O) groups excluding carboxylic acids is 1. The van der Waals surface area contributed by atoms with E-state index in [0.717, 1.165) is 24.3 Å². The Morgan fingerprint density at radius 1 is 1.67 bits per heavy atom. The van der Waals surface area contributed by atoms with Crippen molar-refractivity contribution in [3.05, 3.63) is 17.2 Å². The second-order valence-corrected chi connectivity index (χ2v) is 6.04. The Balaban J connectivity index is 2.12. The Hall–Kier alpha value is -0.720. The van der Waals surface area contributed by atoms with Crippen molar-refractivity contribution < 1.29 is 9.90 Å². The standard InChI is InChI=1S/C11H16ClN3O2S/c1-15-8(6-13-10(15)12)9(17)14-11(7-16)2-4-18-5-3-11/h6,16H,2-5,7H2,1H3,(H,14,17). The molecule has 0 unspecified atom stereocenters. The zero-order valence-electron chi connectivity index (χ0n) is 10.1. The number of amides is 1. The van der Waals surface area contributed by atoms with Crippen molar-refractivity contribution in [3.8, 4) is 0 Å². The first-order valence-electron chi connectivity index (χ1n) is 5.76. The third kappa shape index (κ3) is 2.65. The van der Waals surface area contributed by atoms with Gasteiger partial charge in [0, 0.05) is 7.05 Å². The summed E-state index contributed by atoms with van der Waals surface area (Å²) in [5, 5.41) is 12.7. The van der Waals surface area contributed by atoms with E-state index in [1.54, 1.807) is 7.05 Å². The maximum Gasteiger partial charge on any atom is 0.270 e. The smallest absolute Gasteiger partial charge is 0.270 e. The largest absolute Gasteiger partial charge is 0.394 e. The summed E-state index contributed by atoms with van der Waals surface area (Å²) in [6.07, 6.45) is 3.01. The summed E-state index contributed by atoms with van der Waals surface area (Å²) in [4.78, 5) is 16.0. The highest BCUT2D eigenvalue weighted by Crippen LogP contribution is 2.27. The second-order valence-electron chi connectivity index (χ2n) is 4.48. The summed E-state index contributed by atoms with van der Waals surface area (Å²) in [7, 11) is 1.69. The van der Waals surface area contributed by atoms with E-state index in [1.165, 1.54) is 10.8 Å². The average Bonchev–Trinajstić information content (AvgIpc) is 2.71. The molecule has 1 aliphatic heterocycles. The molecule has 2 rings (SSSR count). The second kappa shape index (κ2) is 5.50. The van der Waals surface area contributed by atoms with Crippen LogP contribution in [-0.4, -0.2) is 44.2 Å². The van der Waals surface area contributed by atoms with Gasteiger partial charge in [-0.05, 0) is 35.9 Å². The van der Waals surface area contributed by atoms with Crippen LogP contribution < -0.4 is 5.32 Å². The van der Waals surface area contributed by atoms with Crippen LogP contribution in [0.2, 0.25) is 5.28 Å². The first kappa shape index (κ1) is 13.7. The quantitative estimate of drug-likeness (QED) is 0.873. The summed E-state index contributed by atoms with van der Waals surface area (Å²) < 4.78 is 1.53. The lowest BCUT2D eigenvalue weighted by atomic mass is 9.93. The molecule has 0 radical (unpaired) electrons. The molecule has 0 aliphatic carbocycles. The third-order valence-corrected chi connectivity index (χ3v) is 4.63. The summed E-state index contributed by atoms with van der Waals surface area (Å²) in [5.41, 5.74) is -0.0925. The molecule has 0 saturated carbocycles. The number of halogens is 1. The van der Waals surface area contributed by atoms with Crippen molar-refractivity contribution in [2.24, 2.45) is 7.05 Å². The number of carbonyl (C=O) groups is 1. The number of hydrogen-bond donors (Lipinski definition) is 2. The molecule has 1 aromatic rings. The van der Waals surface area contributed by atoms with Gasteiger partial charge in [0.1, 0.15) is 5.69 Å². The molecule has 2 N–H and O–H groups in total. The van der Waals surface area contributed by atoms with Gasteiger partial charge >= 0.3 is 0 Å². The number of hydrogen-bond acceptors (Lipinski definition) is 4. The third-order valence-electron chi connectivity index (χ3n) is 3.30. The van der Waals surface area contributed by atoms with Gasteiger partial charge in [0.2, 0.25) is 5.28 Å². The minimum atomic E-state index is -0.501. The monoisotopic (exact) mass is 289 g/mol. The van der Waals surface area contributed by atoms with Crippen LogP contribution in [0.4, 0.5) is 0 Å². The zero-order chi connectivity index (χ0) is 13.2. The molecule has 0 aromatic carbocycles. The highest BCUT2D eigenvalue weighted by Gasteiger charge is 2.34. The Bertz CT molecular complexity index is 443. The van der Waals surface area contributed by atoms with Crippen LogP contribution in [0.15, 0.2) is 6.20 Å². The van der Waals surface area contributed by atoms with E-state index < -0.39 is 5.54 Å². The molecule has 1 aliphatic rings. The number of nitrogens with zero attached hydrogens (tertiary/aromatic N) is 2. The molecule has 0 spiro atoms. The fourth-order valence-corrected chi connectivity index (χ4v) is 3.40. The van der Waals surface area contributed by atoms with Gasteiger partial charge in [-0.3, -0.25) is 4.79 Å². The first-order chi connectivity index (χ1) is 8.58. The van der Waals surface area contributed by atoms with E-state index in [-0.39, 0.29) is 17.8 Å². The highest BCUT2D eigenvalue weighted by atomic mass is 35.5.